The minimum absolute atomic E-state index is 0.290. The maximum atomic E-state index is 12.4. The quantitative estimate of drug-likeness (QED) is 0.873. The number of thiazole rings is 1. The van der Waals surface area contributed by atoms with Crippen LogP contribution < -0.4 is 5.73 Å². The molecule has 0 spiro atoms. The second-order valence-electron chi connectivity index (χ2n) is 4.98. The topological polar surface area (TPSA) is 96.5 Å². The minimum atomic E-state index is -0.939. The summed E-state index contributed by atoms with van der Waals surface area (Å²) in [6.45, 7) is 2.82. The van der Waals surface area contributed by atoms with Crippen LogP contribution in [-0.2, 0) is 11.3 Å². The Labute approximate surface area is 121 Å². The second-order valence-corrected chi connectivity index (χ2v) is 5.92. The van der Waals surface area contributed by atoms with Crippen molar-refractivity contribution >= 4 is 23.2 Å². The largest absolute Gasteiger partial charge is 0.480 e. The highest BCUT2D eigenvalue weighted by molar-refractivity contribution is 7.09. The molecule has 20 heavy (non-hydrogen) atoms. The summed E-state index contributed by atoms with van der Waals surface area (Å²) in [6, 6.07) is -0.746. The molecule has 1 aromatic rings. The predicted octanol–water partition coefficient (Wildman–Crippen LogP) is 1.32. The summed E-state index contributed by atoms with van der Waals surface area (Å²) in [5.74, 6) is -0.871. The fourth-order valence-electron chi connectivity index (χ4n) is 2.54. The molecule has 0 aromatic carbocycles. The highest BCUT2D eigenvalue weighted by atomic mass is 32.1. The summed E-state index contributed by atoms with van der Waals surface area (Å²) < 4.78 is 0. The van der Waals surface area contributed by atoms with E-state index in [0.717, 1.165) is 12.8 Å². The molecular weight excluding hydrogens is 278 g/mol. The summed E-state index contributed by atoms with van der Waals surface area (Å²) in [6.07, 6.45) is 2.31. The molecule has 1 amide bonds. The lowest BCUT2D eigenvalue weighted by atomic mass is 9.88. The van der Waals surface area contributed by atoms with E-state index in [0.29, 0.717) is 29.6 Å². The molecule has 7 heteroatoms. The Hall–Kier alpha value is -1.47. The third kappa shape index (κ3) is 2.99. The first-order valence-corrected chi connectivity index (χ1v) is 7.63. The lowest BCUT2D eigenvalue weighted by molar-refractivity contribution is -0.144. The highest BCUT2D eigenvalue weighted by Gasteiger charge is 2.36. The molecule has 1 saturated heterocycles. The van der Waals surface area contributed by atoms with Gasteiger partial charge in [0.2, 0.25) is 0 Å². The molecule has 2 atom stereocenters. The number of amides is 1. The number of aliphatic carboxylic acids is 1. The maximum absolute atomic E-state index is 12.4. The highest BCUT2D eigenvalue weighted by Crippen LogP contribution is 2.27. The smallest absolute Gasteiger partial charge is 0.326 e. The van der Waals surface area contributed by atoms with Crippen molar-refractivity contribution in [2.45, 2.75) is 38.8 Å². The van der Waals surface area contributed by atoms with Crippen molar-refractivity contribution in [1.29, 1.82) is 0 Å². The van der Waals surface area contributed by atoms with Gasteiger partial charge in [0, 0.05) is 18.5 Å². The predicted molar refractivity (Wildman–Crippen MR) is 75.5 cm³/mol. The van der Waals surface area contributed by atoms with Crippen LogP contribution in [0.15, 0.2) is 5.38 Å². The van der Waals surface area contributed by atoms with Gasteiger partial charge >= 0.3 is 5.97 Å². The van der Waals surface area contributed by atoms with Gasteiger partial charge in [-0.05, 0) is 18.8 Å². The summed E-state index contributed by atoms with van der Waals surface area (Å²) in [7, 11) is 0. The number of aromatic nitrogens is 1. The van der Waals surface area contributed by atoms with Crippen LogP contribution in [0.5, 0.6) is 0 Å². The third-order valence-electron chi connectivity index (χ3n) is 3.78. The first kappa shape index (κ1) is 14.9. The fourth-order valence-corrected chi connectivity index (χ4v) is 3.18. The molecule has 0 aliphatic carbocycles. The number of nitrogens with two attached hydrogens (primary N) is 1. The van der Waals surface area contributed by atoms with E-state index >= 15 is 0 Å². The Bertz CT molecular complexity index is 503. The van der Waals surface area contributed by atoms with Gasteiger partial charge in [0.1, 0.15) is 16.7 Å². The van der Waals surface area contributed by atoms with Crippen molar-refractivity contribution in [3.8, 4) is 0 Å². The molecule has 2 rings (SSSR count). The Kier molecular flexibility index (Phi) is 4.72. The van der Waals surface area contributed by atoms with Crippen molar-refractivity contribution < 1.29 is 14.7 Å². The Morgan fingerprint density at radius 1 is 1.60 bits per heavy atom. The zero-order valence-corrected chi connectivity index (χ0v) is 12.2. The molecule has 0 radical (unpaired) electrons. The van der Waals surface area contributed by atoms with Gasteiger partial charge < -0.3 is 15.7 Å². The Balaban J connectivity index is 2.16. The normalized spacial score (nSPS) is 22.8. The molecule has 110 valence electrons. The summed E-state index contributed by atoms with van der Waals surface area (Å²) in [4.78, 5) is 29.4. The molecule has 1 aliphatic heterocycles. The van der Waals surface area contributed by atoms with E-state index in [1.165, 1.54) is 16.2 Å². The average Bonchev–Trinajstić information content (AvgIpc) is 2.94. The number of likely N-dealkylation sites (tertiary alicyclic amines) is 1. The number of carboxylic acid groups (broad SMARTS) is 1. The third-order valence-corrected chi connectivity index (χ3v) is 4.65. The molecular formula is C13H19N3O3S. The fraction of sp³-hybridized carbons (Fsp3) is 0.615. The summed E-state index contributed by atoms with van der Waals surface area (Å²) in [5, 5.41) is 11.7. The molecule has 3 N–H and O–H groups in total. The van der Waals surface area contributed by atoms with E-state index in [-0.39, 0.29) is 12.5 Å². The number of hydrogen-bond donors (Lipinski definition) is 2. The maximum Gasteiger partial charge on any atom is 0.326 e. The van der Waals surface area contributed by atoms with Crippen LogP contribution in [0.1, 0.15) is 41.7 Å². The van der Waals surface area contributed by atoms with Crippen molar-refractivity contribution in [1.82, 2.24) is 9.88 Å². The van der Waals surface area contributed by atoms with Crippen LogP contribution in [0.3, 0.4) is 0 Å². The van der Waals surface area contributed by atoms with E-state index in [2.05, 4.69) is 11.9 Å². The van der Waals surface area contributed by atoms with Crippen molar-refractivity contribution in [2.75, 3.05) is 6.54 Å². The summed E-state index contributed by atoms with van der Waals surface area (Å²) >= 11 is 1.33. The number of rotatable bonds is 4. The molecule has 2 unspecified atom stereocenters. The monoisotopic (exact) mass is 297 g/mol. The zero-order chi connectivity index (χ0) is 14.7. The number of carbonyl (C=O) groups excluding carboxylic acids is 1. The van der Waals surface area contributed by atoms with Crippen LogP contribution in [0.2, 0.25) is 0 Å². The number of nitrogens with zero attached hydrogens (tertiary/aromatic N) is 2. The summed E-state index contributed by atoms with van der Waals surface area (Å²) in [5.41, 5.74) is 5.78. The van der Waals surface area contributed by atoms with E-state index in [4.69, 9.17) is 5.73 Å². The number of hydrogen-bond acceptors (Lipinski definition) is 5. The lowest BCUT2D eigenvalue weighted by Gasteiger charge is -2.36. The second kappa shape index (κ2) is 6.32. The van der Waals surface area contributed by atoms with Crippen LogP contribution in [0, 0.1) is 5.92 Å². The number of carbonyl (C=O) groups is 2. The van der Waals surface area contributed by atoms with Crippen LogP contribution in [-0.4, -0.2) is 39.5 Å². The first-order valence-electron chi connectivity index (χ1n) is 6.75. The van der Waals surface area contributed by atoms with Crippen LogP contribution in [0.25, 0.3) is 0 Å². The molecule has 6 nitrogen and oxygen atoms in total. The average molecular weight is 297 g/mol. The number of carboxylic acids is 1. The van der Waals surface area contributed by atoms with Crippen LogP contribution in [0.4, 0.5) is 0 Å². The van der Waals surface area contributed by atoms with Crippen molar-refractivity contribution in [3.63, 3.8) is 0 Å². The van der Waals surface area contributed by atoms with Gasteiger partial charge in [0.05, 0.1) is 0 Å². The van der Waals surface area contributed by atoms with Gasteiger partial charge in [-0.2, -0.15) is 0 Å². The SMILES string of the molecule is CCC1CCN(C(=O)c2csc(CN)n2)C(C(=O)O)C1. The van der Waals surface area contributed by atoms with Gasteiger partial charge in [-0.25, -0.2) is 9.78 Å². The van der Waals surface area contributed by atoms with Gasteiger partial charge in [-0.15, -0.1) is 11.3 Å². The Morgan fingerprint density at radius 2 is 2.35 bits per heavy atom. The zero-order valence-electron chi connectivity index (χ0n) is 11.4. The molecule has 0 bridgehead atoms. The first-order chi connectivity index (χ1) is 9.56. The minimum Gasteiger partial charge on any atom is -0.480 e. The van der Waals surface area contributed by atoms with E-state index < -0.39 is 12.0 Å². The van der Waals surface area contributed by atoms with E-state index in [1.807, 2.05) is 0 Å². The molecule has 2 heterocycles. The van der Waals surface area contributed by atoms with Gasteiger partial charge in [0.25, 0.3) is 5.91 Å². The van der Waals surface area contributed by atoms with Crippen LogP contribution >= 0.6 is 11.3 Å². The molecule has 0 saturated carbocycles. The molecule has 1 fully saturated rings. The van der Waals surface area contributed by atoms with Crippen molar-refractivity contribution in [3.05, 3.63) is 16.1 Å². The van der Waals surface area contributed by atoms with Gasteiger partial charge in [0.15, 0.2) is 0 Å². The number of piperidine rings is 1. The molecule has 1 aliphatic rings. The van der Waals surface area contributed by atoms with Gasteiger partial charge in [-0.3, -0.25) is 4.79 Å². The van der Waals surface area contributed by atoms with Crippen molar-refractivity contribution in [2.24, 2.45) is 11.7 Å². The van der Waals surface area contributed by atoms with Gasteiger partial charge in [-0.1, -0.05) is 13.3 Å². The lowest BCUT2D eigenvalue weighted by Crippen LogP contribution is -2.50. The van der Waals surface area contributed by atoms with E-state index in [9.17, 15) is 14.7 Å². The molecule has 1 aromatic heterocycles. The van der Waals surface area contributed by atoms with E-state index in [1.54, 1.807) is 5.38 Å². The Morgan fingerprint density at radius 3 is 2.90 bits per heavy atom. The standard InChI is InChI=1S/C13H19N3O3S/c1-2-8-3-4-16(10(5-8)13(18)19)12(17)9-7-20-11(6-14)15-9/h7-8,10H,2-6,14H2,1H3,(H,18,19).